The number of nitrogens with one attached hydrogen (secondary N) is 1. The number of carbonyl (C=O) groups is 2. The summed E-state index contributed by atoms with van der Waals surface area (Å²) in [6, 6.07) is 24.0. The van der Waals surface area contributed by atoms with E-state index in [1.54, 1.807) is 36.2 Å². The van der Waals surface area contributed by atoms with Gasteiger partial charge in [0.1, 0.15) is 12.4 Å². The van der Waals surface area contributed by atoms with E-state index in [9.17, 15) is 9.59 Å². The lowest BCUT2D eigenvalue weighted by molar-refractivity contribution is -0.118. The number of halogens is 1. The Bertz CT molecular complexity index is 1240. The summed E-state index contributed by atoms with van der Waals surface area (Å²) in [7, 11) is 1.77. The molecule has 0 aliphatic rings. The molecule has 0 saturated heterocycles. The van der Waals surface area contributed by atoms with Crippen LogP contribution >= 0.6 is 11.6 Å². The van der Waals surface area contributed by atoms with Crippen LogP contribution in [0.1, 0.15) is 16.2 Å². The van der Waals surface area contributed by atoms with Crippen LogP contribution in [0.15, 0.2) is 78.9 Å². The molecule has 1 aromatic heterocycles. The van der Waals surface area contributed by atoms with Crippen LogP contribution in [0.25, 0.3) is 11.0 Å². The number of anilines is 1. The van der Waals surface area contributed by atoms with E-state index in [4.69, 9.17) is 16.6 Å². The number of amides is 2. The average molecular weight is 447 g/mol. The normalized spacial score (nSPS) is 10.8. The van der Waals surface area contributed by atoms with E-state index in [-0.39, 0.29) is 18.4 Å². The second-order valence-electron chi connectivity index (χ2n) is 7.40. The molecular formula is C25H23ClN4O2. The van der Waals surface area contributed by atoms with Crippen LogP contribution in [0, 0.1) is 0 Å². The summed E-state index contributed by atoms with van der Waals surface area (Å²) >= 11 is 5.89. The van der Waals surface area contributed by atoms with Crippen molar-refractivity contribution in [2.75, 3.05) is 18.5 Å². The zero-order chi connectivity index (χ0) is 22.5. The molecule has 4 rings (SSSR count). The molecule has 1 N–H and O–H groups in total. The number of rotatable bonds is 7. The van der Waals surface area contributed by atoms with Crippen molar-refractivity contribution < 1.29 is 9.59 Å². The van der Waals surface area contributed by atoms with Gasteiger partial charge in [0, 0.05) is 36.3 Å². The van der Waals surface area contributed by atoms with Gasteiger partial charge in [0.25, 0.3) is 5.91 Å². The first kappa shape index (κ1) is 21.6. The highest BCUT2D eigenvalue weighted by atomic mass is 35.5. The van der Waals surface area contributed by atoms with Gasteiger partial charge in [-0.1, -0.05) is 41.9 Å². The highest BCUT2D eigenvalue weighted by molar-refractivity contribution is 6.30. The summed E-state index contributed by atoms with van der Waals surface area (Å²) < 4.78 is 1.92. The highest BCUT2D eigenvalue weighted by Gasteiger charge is 2.17. The lowest BCUT2D eigenvalue weighted by Crippen LogP contribution is -2.31. The molecule has 2 amide bonds. The number of carbonyl (C=O) groups excluding carboxylic acids is 2. The SMILES string of the molecule is CN(C(=O)Cn1c(CCNC(=O)c2ccc(Cl)cc2)nc2ccccc21)c1ccccc1. The zero-order valence-electron chi connectivity index (χ0n) is 17.7. The molecule has 0 atom stereocenters. The fraction of sp³-hybridized carbons (Fsp3) is 0.160. The molecule has 0 unspecified atom stereocenters. The molecule has 0 bridgehead atoms. The lowest BCUT2D eigenvalue weighted by Gasteiger charge is -2.18. The molecule has 3 aromatic carbocycles. The summed E-state index contributed by atoms with van der Waals surface area (Å²) in [6.07, 6.45) is 0.496. The number of imidazole rings is 1. The first-order valence-electron chi connectivity index (χ1n) is 10.3. The van der Waals surface area contributed by atoms with E-state index >= 15 is 0 Å². The largest absolute Gasteiger partial charge is 0.352 e. The minimum Gasteiger partial charge on any atom is -0.352 e. The summed E-state index contributed by atoms with van der Waals surface area (Å²) in [4.78, 5) is 31.7. The second kappa shape index (κ2) is 9.66. The number of aromatic nitrogens is 2. The van der Waals surface area contributed by atoms with Crippen LogP contribution < -0.4 is 10.2 Å². The standard InChI is InChI=1S/C25H23ClN4O2/c1-29(20-7-3-2-4-8-20)24(31)17-30-22-10-6-5-9-21(22)28-23(30)15-16-27-25(32)18-11-13-19(26)14-12-18/h2-14H,15-17H2,1H3,(H,27,32). The molecule has 162 valence electrons. The third-order valence-electron chi connectivity index (χ3n) is 5.29. The molecule has 7 heteroatoms. The summed E-state index contributed by atoms with van der Waals surface area (Å²) in [5, 5.41) is 3.49. The Morgan fingerprint density at radius 3 is 2.41 bits per heavy atom. The van der Waals surface area contributed by atoms with Crippen LogP contribution in [-0.4, -0.2) is 35.0 Å². The maximum absolute atomic E-state index is 13.0. The number of hydrogen-bond donors (Lipinski definition) is 1. The number of hydrogen-bond acceptors (Lipinski definition) is 3. The highest BCUT2D eigenvalue weighted by Crippen LogP contribution is 2.18. The van der Waals surface area contributed by atoms with Crippen molar-refractivity contribution in [1.82, 2.24) is 14.9 Å². The second-order valence-corrected chi connectivity index (χ2v) is 7.84. The Hall–Kier alpha value is -3.64. The van der Waals surface area contributed by atoms with E-state index < -0.39 is 0 Å². The molecule has 0 radical (unpaired) electrons. The Morgan fingerprint density at radius 2 is 1.66 bits per heavy atom. The van der Waals surface area contributed by atoms with E-state index in [2.05, 4.69) is 5.32 Å². The quantitative estimate of drug-likeness (QED) is 0.459. The molecule has 4 aromatic rings. The number of para-hydroxylation sites is 3. The van der Waals surface area contributed by atoms with Gasteiger partial charge in [0.15, 0.2) is 0 Å². The van der Waals surface area contributed by atoms with Gasteiger partial charge in [-0.15, -0.1) is 0 Å². The smallest absolute Gasteiger partial charge is 0.251 e. The van der Waals surface area contributed by atoms with Gasteiger partial charge in [-0.05, 0) is 48.5 Å². The van der Waals surface area contributed by atoms with E-state index in [0.29, 0.717) is 23.6 Å². The van der Waals surface area contributed by atoms with Gasteiger partial charge in [-0.25, -0.2) is 4.98 Å². The number of likely N-dealkylation sites (N-methyl/N-ethyl adjacent to an activating group) is 1. The van der Waals surface area contributed by atoms with Gasteiger partial charge in [-0.3, -0.25) is 9.59 Å². The zero-order valence-corrected chi connectivity index (χ0v) is 18.4. The van der Waals surface area contributed by atoms with Crippen molar-refractivity contribution in [3.63, 3.8) is 0 Å². The summed E-state index contributed by atoms with van der Waals surface area (Å²) in [5.41, 5.74) is 3.09. The number of nitrogens with zero attached hydrogens (tertiary/aromatic N) is 3. The lowest BCUT2D eigenvalue weighted by atomic mass is 10.2. The van der Waals surface area contributed by atoms with Crippen LogP contribution in [-0.2, 0) is 17.8 Å². The Labute approximate surface area is 191 Å². The minimum atomic E-state index is -0.177. The monoisotopic (exact) mass is 446 g/mol. The first-order chi connectivity index (χ1) is 15.5. The maximum Gasteiger partial charge on any atom is 0.251 e. The number of benzene rings is 3. The van der Waals surface area contributed by atoms with Gasteiger partial charge in [0.05, 0.1) is 11.0 Å². The first-order valence-corrected chi connectivity index (χ1v) is 10.7. The minimum absolute atomic E-state index is 0.0502. The molecule has 32 heavy (non-hydrogen) atoms. The van der Waals surface area contributed by atoms with Crippen molar-refractivity contribution >= 4 is 40.1 Å². The van der Waals surface area contributed by atoms with Gasteiger partial charge in [0.2, 0.25) is 5.91 Å². The Morgan fingerprint density at radius 1 is 0.969 bits per heavy atom. The average Bonchev–Trinajstić information content (AvgIpc) is 3.16. The van der Waals surface area contributed by atoms with Crippen molar-refractivity contribution in [1.29, 1.82) is 0 Å². The molecule has 0 fully saturated rings. The van der Waals surface area contributed by atoms with Crippen molar-refractivity contribution in [3.05, 3.63) is 95.3 Å². The Balaban J connectivity index is 1.49. The van der Waals surface area contributed by atoms with Crippen LogP contribution in [0.2, 0.25) is 5.02 Å². The topological polar surface area (TPSA) is 67.2 Å². The van der Waals surface area contributed by atoms with Crippen molar-refractivity contribution in [3.8, 4) is 0 Å². The molecule has 6 nitrogen and oxygen atoms in total. The van der Waals surface area contributed by atoms with Crippen molar-refractivity contribution in [2.24, 2.45) is 0 Å². The Kier molecular flexibility index (Phi) is 6.52. The number of fused-ring (bicyclic) bond motifs is 1. The van der Waals surface area contributed by atoms with Crippen LogP contribution in [0.5, 0.6) is 0 Å². The molecule has 0 spiro atoms. The third kappa shape index (κ3) is 4.81. The molecule has 0 saturated carbocycles. The summed E-state index contributed by atoms with van der Waals surface area (Å²) in [5.74, 6) is 0.521. The predicted octanol–water partition coefficient (Wildman–Crippen LogP) is 4.33. The van der Waals surface area contributed by atoms with Gasteiger partial charge in [-0.2, -0.15) is 0 Å². The van der Waals surface area contributed by atoms with E-state index in [1.165, 1.54) is 0 Å². The fourth-order valence-electron chi connectivity index (χ4n) is 3.52. The third-order valence-corrected chi connectivity index (χ3v) is 5.54. The van der Waals surface area contributed by atoms with Gasteiger partial charge < -0.3 is 14.8 Å². The molecule has 0 aliphatic carbocycles. The summed E-state index contributed by atoms with van der Waals surface area (Å²) in [6.45, 7) is 0.555. The van der Waals surface area contributed by atoms with E-state index in [1.807, 2.05) is 59.2 Å². The predicted molar refractivity (Wildman–Crippen MR) is 127 cm³/mol. The maximum atomic E-state index is 13.0. The fourth-order valence-corrected chi connectivity index (χ4v) is 3.65. The van der Waals surface area contributed by atoms with E-state index in [0.717, 1.165) is 22.5 Å². The van der Waals surface area contributed by atoms with Crippen LogP contribution in [0.4, 0.5) is 5.69 Å². The van der Waals surface area contributed by atoms with Crippen LogP contribution in [0.3, 0.4) is 0 Å². The molecule has 1 heterocycles. The van der Waals surface area contributed by atoms with Crippen molar-refractivity contribution in [2.45, 2.75) is 13.0 Å². The van der Waals surface area contributed by atoms with Gasteiger partial charge >= 0.3 is 0 Å². The molecular weight excluding hydrogens is 424 g/mol. The molecule has 0 aliphatic heterocycles.